The molecule has 16 heavy (non-hydrogen) atoms. The Morgan fingerprint density at radius 3 is 2.56 bits per heavy atom. The summed E-state index contributed by atoms with van der Waals surface area (Å²) in [4.78, 5) is 20.2. The summed E-state index contributed by atoms with van der Waals surface area (Å²) in [6, 6.07) is 0.641. The number of carbonyl (C=O) groups excluding carboxylic acids is 1. The van der Waals surface area contributed by atoms with Crippen molar-refractivity contribution >= 4 is 11.6 Å². The van der Waals surface area contributed by atoms with E-state index in [0.717, 1.165) is 0 Å². The molecule has 0 aliphatic rings. The molecule has 0 aliphatic heterocycles. The molecule has 0 saturated carbocycles. The van der Waals surface area contributed by atoms with Gasteiger partial charge in [0.05, 0.1) is 10.5 Å². The van der Waals surface area contributed by atoms with E-state index in [1.807, 2.05) is 0 Å². The van der Waals surface area contributed by atoms with E-state index in [1.165, 1.54) is 6.19 Å². The van der Waals surface area contributed by atoms with Crippen LogP contribution in [-0.4, -0.2) is 10.8 Å². The maximum atomic E-state index is 13.0. The molecule has 0 bridgehead atoms. The molecule has 8 heteroatoms. The Hall–Kier alpha value is -2.56. The minimum Gasteiger partial charge on any atom is -0.268 e. The first-order valence-corrected chi connectivity index (χ1v) is 3.80. The highest BCUT2D eigenvalue weighted by Crippen LogP contribution is 2.21. The first-order valence-electron chi connectivity index (χ1n) is 3.80. The number of nitro benzene ring substituents is 1. The van der Waals surface area contributed by atoms with Crippen molar-refractivity contribution in [1.29, 1.82) is 5.26 Å². The van der Waals surface area contributed by atoms with Gasteiger partial charge < -0.3 is 0 Å². The average molecular weight is 227 g/mol. The van der Waals surface area contributed by atoms with Gasteiger partial charge in [-0.2, -0.15) is 9.65 Å². The maximum Gasteiger partial charge on any atom is 0.305 e. The second kappa shape index (κ2) is 4.31. The normalized spacial score (nSPS) is 9.31. The molecule has 1 aromatic carbocycles. The Balaban J connectivity index is 3.31. The molecule has 0 unspecified atom stereocenters. The van der Waals surface area contributed by atoms with E-state index in [0.29, 0.717) is 6.07 Å². The highest BCUT2D eigenvalue weighted by Gasteiger charge is 2.22. The number of nitriles is 1. The van der Waals surface area contributed by atoms with Crippen LogP contribution >= 0.6 is 0 Å². The van der Waals surface area contributed by atoms with Crippen LogP contribution in [0.5, 0.6) is 0 Å². The molecule has 1 rings (SSSR count). The van der Waals surface area contributed by atoms with Gasteiger partial charge in [0, 0.05) is 12.1 Å². The minimum atomic E-state index is -1.39. The number of rotatable bonds is 2. The standard InChI is InChI=1S/C8H3F2N3O3/c9-5-2-6(10)7(13(15)16)1-4(5)8(14)12-3-11/h1-2H,(H,12,14). The van der Waals surface area contributed by atoms with Crippen LogP contribution in [0.2, 0.25) is 0 Å². The third kappa shape index (κ3) is 2.09. The number of nitrogens with zero attached hydrogens (tertiary/aromatic N) is 2. The smallest absolute Gasteiger partial charge is 0.268 e. The fourth-order valence-corrected chi connectivity index (χ4v) is 0.970. The van der Waals surface area contributed by atoms with Crippen LogP contribution < -0.4 is 5.32 Å². The lowest BCUT2D eigenvalue weighted by atomic mass is 10.1. The largest absolute Gasteiger partial charge is 0.305 e. The van der Waals surface area contributed by atoms with Crippen LogP contribution in [-0.2, 0) is 0 Å². The van der Waals surface area contributed by atoms with Crippen LogP contribution in [0.4, 0.5) is 14.5 Å². The van der Waals surface area contributed by atoms with Crippen molar-refractivity contribution in [3.8, 4) is 6.19 Å². The van der Waals surface area contributed by atoms with Crippen LogP contribution in [0.25, 0.3) is 0 Å². The summed E-state index contributed by atoms with van der Waals surface area (Å²) in [5, 5.41) is 20.0. The first kappa shape index (κ1) is 11.5. The van der Waals surface area contributed by atoms with Gasteiger partial charge in [0.25, 0.3) is 5.91 Å². The monoisotopic (exact) mass is 227 g/mol. The van der Waals surface area contributed by atoms with Gasteiger partial charge in [-0.3, -0.25) is 20.2 Å². The van der Waals surface area contributed by atoms with Crippen molar-refractivity contribution in [1.82, 2.24) is 5.32 Å². The zero-order valence-electron chi connectivity index (χ0n) is 7.53. The van der Waals surface area contributed by atoms with Gasteiger partial charge >= 0.3 is 5.69 Å². The van der Waals surface area contributed by atoms with Crippen LogP contribution in [0.15, 0.2) is 12.1 Å². The summed E-state index contributed by atoms with van der Waals surface area (Å²) < 4.78 is 25.9. The molecule has 1 N–H and O–H groups in total. The Bertz CT molecular complexity index is 510. The summed E-state index contributed by atoms with van der Waals surface area (Å²) in [7, 11) is 0. The predicted molar refractivity (Wildman–Crippen MR) is 46.1 cm³/mol. The second-order valence-corrected chi connectivity index (χ2v) is 2.61. The quantitative estimate of drug-likeness (QED) is 0.354. The third-order valence-corrected chi connectivity index (χ3v) is 1.65. The van der Waals surface area contributed by atoms with E-state index in [-0.39, 0.29) is 6.07 Å². The number of hydrogen-bond donors (Lipinski definition) is 1. The van der Waals surface area contributed by atoms with Gasteiger partial charge in [-0.25, -0.2) is 4.39 Å². The Labute approximate surface area is 87.2 Å². The molecule has 82 valence electrons. The van der Waals surface area contributed by atoms with Gasteiger partial charge in [0.1, 0.15) is 5.82 Å². The molecule has 1 amide bonds. The number of benzene rings is 1. The fourth-order valence-electron chi connectivity index (χ4n) is 0.970. The molecular formula is C8H3F2N3O3. The number of hydrogen-bond acceptors (Lipinski definition) is 4. The van der Waals surface area contributed by atoms with Crippen molar-refractivity contribution in [3.05, 3.63) is 39.4 Å². The average Bonchev–Trinajstić information content (AvgIpc) is 2.17. The van der Waals surface area contributed by atoms with Crippen LogP contribution in [0.3, 0.4) is 0 Å². The first-order chi connectivity index (χ1) is 7.47. The molecule has 0 atom stereocenters. The molecule has 0 saturated heterocycles. The number of nitrogens with one attached hydrogen (secondary N) is 1. The molecular weight excluding hydrogens is 224 g/mol. The number of halogens is 2. The molecule has 0 heterocycles. The molecule has 0 spiro atoms. The zero-order valence-corrected chi connectivity index (χ0v) is 7.53. The Kier molecular flexibility index (Phi) is 3.10. The van der Waals surface area contributed by atoms with Gasteiger partial charge in [-0.15, -0.1) is 0 Å². The summed E-state index contributed by atoms with van der Waals surface area (Å²) >= 11 is 0. The number of nitro groups is 1. The SMILES string of the molecule is N#CNC(=O)c1cc([N+](=O)[O-])c(F)cc1F. The number of carbonyl (C=O) groups is 1. The molecule has 6 nitrogen and oxygen atoms in total. The van der Waals surface area contributed by atoms with E-state index in [1.54, 1.807) is 5.32 Å². The molecule has 1 aromatic rings. The van der Waals surface area contributed by atoms with Crippen LogP contribution in [0.1, 0.15) is 10.4 Å². The summed E-state index contributed by atoms with van der Waals surface area (Å²) in [6.07, 6.45) is 1.23. The molecule has 0 fully saturated rings. The van der Waals surface area contributed by atoms with E-state index in [4.69, 9.17) is 5.26 Å². The van der Waals surface area contributed by atoms with E-state index < -0.39 is 33.7 Å². The van der Waals surface area contributed by atoms with E-state index in [2.05, 4.69) is 0 Å². The Morgan fingerprint density at radius 1 is 1.44 bits per heavy atom. The maximum absolute atomic E-state index is 13.0. The Morgan fingerprint density at radius 2 is 2.06 bits per heavy atom. The van der Waals surface area contributed by atoms with Gasteiger partial charge in [0.15, 0.2) is 6.19 Å². The molecule has 0 radical (unpaired) electrons. The zero-order chi connectivity index (χ0) is 12.3. The van der Waals surface area contributed by atoms with E-state index >= 15 is 0 Å². The highest BCUT2D eigenvalue weighted by atomic mass is 19.1. The minimum absolute atomic E-state index is 0.213. The topological polar surface area (TPSA) is 96.0 Å². The van der Waals surface area contributed by atoms with Crippen molar-refractivity contribution in [2.75, 3.05) is 0 Å². The van der Waals surface area contributed by atoms with Gasteiger partial charge in [-0.05, 0) is 0 Å². The van der Waals surface area contributed by atoms with Crippen molar-refractivity contribution in [2.24, 2.45) is 0 Å². The lowest BCUT2D eigenvalue weighted by Crippen LogP contribution is -2.19. The predicted octanol–water partition coefficient (Wildman–Crippen LogP) is 1.08. The summed E-state index contributed by atoms with van der Waals surface area (Å²) in [5.74, 6) is -3.85. The fraction of sp³-hybridized carbons (Fsp3) is 0. The summed E-state index contributed by atoms with van der Waals surface area (Å²) in [6.45, 7) is 0. The van der Waals surface area contributed by atoms with Gasteiger partial charge in [0.2, 0.25) is 5.82 Å². The van der Waals surface area contributed by atoms with Gasteiger partial charge in [-0.1, -0.05) is 0 Å². The second-order valence-electron chi connectivity index (χ2n) is 2.61. The lowest BCUT2D eigenvalue weighted by molar-refractivity contribution is -0.387. The summed E-state index contributed by atoms with van der Waals surface area (Å²) in [5.41, 5.74) is -1.81. The van der Waals surface area contributed by atoms with E-state index in [9.17, 15) is 23.7 Å². The van der Waals surface area contributed by atoms with Crippen molar-refractivity contribution in [2.45, 2.75) is 0 Å². The van der Waals surface area contributed by atoms with Crippen molar-refractivity contribution < 1.29 is 18.5 Å². The third-order valence-electron chi connectivity index (χ3n) is 1.65. The molecule has 0 aromatic heterocycles. The number of amides is 1. The highest BCUT2D eigenvalue weighted by molar-refractivity contribution is 5.96. The lowest BCUT2D eigenvalue weighted by Gasteiger charge is -2.00. The van der Waals surface area contributed by atoms with Crippen molar-refractivity contribution in [3.63, 3.8) is 0 Å². The molecule has 0 aliphatic carbocycles. The van der Waals surface area contributed by atoms with Crippen LogP contribution in [0, 0.1) is 33.2 Å².